The molecule has 0 spiro atoms. The van der Waals surface area contributed by atoms with Crippen molar-refractivity contribution in [3.8, 4) is 5.75 Å². The molecule has 5 rings (SSSR count). The van der Waals surface area contributed by atoms with Crippen LogP contribution in [0.2, 0.25) is 0 Å². The largest absolute Gasteiger partial charge is 0.461 e. The van der Waals surface area contributed by atoms with Gasteiger partial charge in [-0.3, -0.25) is 4.79 Å². The fourth-order valence-corrected chi connectivity index (χ4v) is 4.68. The summed E-state index contributed by atoms with van der Waals surface area (Å²) in [5.41, 5.74) is 2.33. The zero-order chi connectivity index (χ0) is 19.3. The average Bonchev–Trinajstić information content (AvgIpc) is 3.37. The first-order valence-electron chi connectivity index (χ1n) is 8.76. The molecule has 0 aliphatic carbocycles. The summed E-state index contributed by atoms with van der Waals surface area (Å²) in [5, 5.41) is 8.51. The first-order chi connectivity index (χ1) is 13.6. The summed E-state index contributed by atoms with van der Waals surface area (Å²) in [6.07, 6.45) is -0.192. The van der Waals surface area contributed by atoms with Crippen LogP contribution in [0.1, 0.15) is 33.3 Å². The summed E-state index contributed by atoms with van der Waals surface area (Å²) in [7, 11) is 0. The number of Topliss-reactive ketones (excluding diaryl/α,β-unsaturated/α-hetero) is 1. The fourth-order valence-electron chi connectivity index (χ4n) is 3.58. The molecule has 7 heteroatoms. The van der Waals surface area contributed by atoms with Crippen molar-refractivity contribution in [3.63, 3.8) is 0 Å². The van der Waals surface area contributed by atoms with Crippen molar-refractivity contribution in [1.29, 1.82) is 0 Å². The molecule has 0 radical (unpaired) electrons. The number of carbonyl (C=O) groups excluding carboxylic acids is 1. The van der Waals surface area contributed by atoms with Crippen LogP contribution >= 0.6 is 27.3 Å². The number of ether oxygens (including phenoxy) is 1. The maximum absolute atomic E-state index is 13.3. The highest BCUT2D eigenvalue weighted by Gasteiger charge is 2.43. The number of fused-ring (bicyclic) bond motifs is 3. The number of hydrogen-bond acceptors (Lipinski definition) is 5. The van der Waals surface area contributed by atoms with Gasteiger partial charge in [-0.05, 0) is 53.9 Å². The van der Waals surface area contributed by atoms with Crippen LogP contribution < -0.4 is 4.74 Å². The summed E-state index contributed by atoms with van der Waals surface area (Å²) in [6, 6.07) is 15.2. The smallest absolute Gasteiger partial charge is 0.251 e. The van der Waals surface area contributed by atoms with Gasteiger partial charge in [0.05, 0.1) is 16.6 Å². The first-order valence-corrected chi connectivity index (χ1v) is 10.4. The third-order valence-electron chi connectivity index (χ3n) is 4.91. The molecule has 2 aliphatic heterocycles. The quantitative estimate of drug-likeness (QED) is 0.495. The molecule has 2 atom stereocenters. The van der Waals surface area contributed by atoms with Crippen molar-refractivity contribution >= 4 is 38.8 Å². The van der Waals surface area contributed by atoms with E-state index in [1.54, 1.807) is 16.3 Å². The van der Waals surface area contributed by atoms with Crippen LogP contribution in [0.3, 0.4) is 0 Å². The van der Waals surface area contributed by atoms with Gasteiger partial charge in [-0.2, -0.15) is 5.10 Å². The normalized spacial score (nSPS) is 20.2. The van der Waals surface area contributed by atoms with Crippen molar-refractivity contribution < 1.29 is 13.9 Å². The van der Waals surface area contributed by atoms with Crippen LogP contribution in [0, 0.1) is 5.82 Å². The molecule has 4 nitrogen and oxygen atoms in total. The van der Waals surface area contributed by atoms with Crippen LogP contribution in [-0.2, 0) is 0 Å². The minimum atomic E-state index is -0.887. The van der Waals surface area contributed by atoms with Crippen LogP contribution in [0.5, 0.6) is 5.75 Å². The van der Waals surface area contributed by atoms with Gasteiger partial charge in [0.25, 0.3) is 6.23 Å². The van der Waals surface area contributed by atoms with E-state index in [9.17, 15) is 9.18 Å². The molecular formula is C21H14BrFN2O2S. The van der Waals surface area contributed by atoms with E-state index in [1.165, 1.54) is 24.3 Å². The minimum absolute atomic E-state index is 0.0900. The van der Waals surface area contributed by atoms with Gasteiger partial charge in [0.15, 0.2) is 0 Å². The number of halogens is 2. The Balaban J connectivity index is 1.57. The monoisotopic (exact) mass is 456 g/mol. The number of carbonyl (C=O) groups is 1. The van der Waals surface area contributed by atoms with Crippen LogP contribution in [0.25, 0.3) is 0 Å². The molecule has 2 aromatic carbocycles. The third kappa shape index (κ3) is 2.95. The van der Waals surface area contributed by atoms with Crippen LogP contribution in [0.4, 0.5) is 4.39 Å². The topological polar surface area (TPSA) is 41.9 Å². The number of hydrazone groups is 1. The van der Waals surface area contributed by atoms with Gasteiger partial charge in [0.2, 0.25) is 5.78 Å². The SMILES string of the molecule is O=C(c1ccc(F)cc1)C1Oc2ccc(Br)cc2C2CC(c3cccs3)=NN12. The number of benzene rings is 2. The summed E-state index contributed by atoms with van der Waals surface area (Å²) < 4.78 is 20.3. The maximum Gasteiger partial charge on any atom is 0.251 e. The van der Waals surface area contributed by atoms with Crippen LogP contribution in [0.15, 0.2) is 69.6 Å². The molecule has 28 heavy (non-hydrogen) atoms. The highest BCUT2D eigenvalue weighted by molar-refractivity contribution is 9.10. The second-order valence-corrected chi connectivity index (χ2v) is 8.51. The van der Waals surface area contributed by atoms with Crippen LogP contribution in [-0.4, -0.2) is 22.7 Å². The van der Waals surface area contributed by atoms with Gasteiger partial charge >= 0.3 is 0 Å². The Morgan fingerprint density at radius 2 is 2.04 bits per heavy atom. The van der Waals surface area contributed by atoms with Gasteiger partial charge < -0.3 is 4.74 Å². The van der Waals surface area contributed by atoms with E-state index in [-0.39, 0.29) is 17.6 Å². The Morgan fingerprint density at radius 1 is 1.21 bits per heavy atom. The summed E-state index contributed by atoms with van der Waals surface area (Å²) >= 11 is 5.14. The van der Waals surface area contributed by atoms with E-state index in [0.29, 0.717) is 17.7 Å². The van der Waals surface area contributed by atoms with Crippen molar-refractivity contribution in [2.45, 2.75) is 18.7 Å². The van der Waals surface area contributed by atoms with Gasteiger partial charge in [-0.25, -0.2) is 9.40 Å². The molecule has 0 N–H and O–H groups in total. The zero-order valence-corrected chi connectivity index (χ0v) is 16.9. The molecular weight excluding hydrogens is 443 g/mol. The van der Waals surface area contributed by atoms with Crippen molar-refractivity contribution in [3.05, 3.63) is 86.3 Å². The standard InChI is InChI=1S/C21H14BrFN2O2S/c22-13-5-8-18-15(10-13)17-11-16(19-2-1-9-28-19)24-25(17)21(27-18)20(26)12-3-6-14(23)7-4-12/h1-10,17,21H,11H2. The molecule has 1 aromatic heterocycles. The Hall–Kier alpha value is -2.51. The fraction of sp³-hybridized carbons (Fsp3) is 0.143. The molecule has 2 aliphatic rings. The lowest BCUT2D eigenvalue weighted by molar-refractivity contribution is -0.00459. The second-order valence-electron chi connectivity index (χ2n) is 6.65. The second kappa shape index (κ2) is 6.83. The van der Waals surface area contributed by atoms with Gasteiger partial charge in [-0.15, -0.1) is 11.3 Å². The average molecular weight is 457 g/mol. The van der Waals surface area contributed by atoms with Crippen molar-refractivity contribution in [2.75, 3.05) is 0 Å². The van der Waals surface area contributed by atoms with E-state index in [4.69, 9.17) is 9.84 Å². The van der Waals surface area contributed by atoms with E-state index in [1.807, 2.05) is 35.7 Å². The highest BCUT2D eigenvalue weighted by Crippen LogP contribution is 2.44. The Morgan fingerprint density at radius 3 is 2.79 bits per heavy atom. The molecule has 3 heterocycles. The number of rotatable bonds is 3. The number of thiophene rings is 1. The lowest BCUT2D eigenvalue weighted by Gasteiger charge is -2.37. The maximum atomic E-state index is 13.3. The summed E-state index contributed by atoms with van der Waals surface area (Å²) in [6.45, 7) is 0. The van der Waals surface area contributed by atoms with E-state index < -0.39 is 6.23 Å². The summed E-state index contributed by atoms with van der Waals surface area (Å²) in [4.78, 5) is 14.2. The Bertz CT molecular complexity index is 1080. The molecule has 0 amide bonds. The molecule has 3 aromatic rings. The molecule has 0 bridgehead atoms. The van der Waals surface area contributed by atoms with Gasteiger partial charge in [0.1, 0.15) is 11.6 Å². The minimum Gasteiger partial charge on any atom is -0.461 e. The molecule has 0 fully saturated rings. The number of ketones is 1. The lowest BCUT2D eigenvalue weighted by atomic mass is 9.97. The van der Waals surface area contributed by atoms with E-state index >= 15 is 0 Å². The number of nitrogens with zero attached hydrogens (tertiary/aromatic N) is 2. The molecule has 2 unspecified atom stereocenters. The van der Waals surface area contributed by atoms with Crippen molar-refractivity contribution in [2.24, 2.45) is 5.10 Å². The molecule has 140 valence electrons. The van der Waals surface area contributed by atoms with Gasteiger partial charge in [0, 0.05) is 22.0 Å². The number of hydrogen-bond donors (Lipinski definition) is 0. The van der Waals surface area contributed by atoms with Gasteiger partial charge in [-0.1, -0.05) is 22.0 Å². The predicted octanol–water partition coefficient (Wildman–Crippen LogP) is 5.40. The molecule has 0 saturated carbocycles. The van der Waals surface area contributed by atoms with E-state index in [2.05, 4.69) is 15.9 Å². The molecule has 0 saturated heterocycles. The Kier molecular flexibility index (Phi) is 4.29. The third-order valence-corrected chi connectivity index (χ3v) is 6.32. The van der Waals surface area contributed by atoms with Crippen molar-refractivity contribution in [1.82, 2.24) is 5.01 Å². The Labute approximate surface area is 173 Å². The predicted molar refractivity (Wildman–Crippen MR) is 109 cm³/mol. The lowest BCUT2D eigenvalue weighted by Crippen LogP contribution is -2.45. The zero-order valence-electron chi connectivity index (χ0n) is 14.5. The summed E-state index contributed by atoms with van der Waals surface area (Å²) in [5.74, 6) is 0.0515. The highest BCUT2D eigenvalue weighted by atomic mass is 79.9. The van der Waals surface area contributed by atoms with E-state index in [0.717, 1.165) is 20.6 Å². The first kappa shape index (κ1) is 17.6.